The number of hydrogen-bond donors (Lipinski definition) is 1. The summed E-state index contributed by atoms with van der Waals surface area (Å²) in [6, 6.07) is 7.78. The molecule has 146 valence electrons. The predicted molar refractivity (Wildman–Crippen MR) is 97.5 cm³/mol. The molecule has 4 rings (SSSR count). The van der Waals surface area contributed by atoms with Gasteiger partial charge in [-0.1, -0.05) is 23.7 Å². The van der Waals surface area contributed by atoms with Gasteiger partial charge < -0.3 is 15.2 Å². The molecule has 1 aromatic heterocycles. The first-order valence-electron chi connectivity index (χ1n) is 8.57. The van der Waals surface area contributed by atoms with E-state index in [0.717, 1.165) is 5.56 Å². The van der Waals surface area contributed by atoms with Crippen LogP contribution >= 0.6 is 11.6 Å². The summed E-state index contributed by atoms with van der Waals surface area (Å²) >= 11 is 5.93. The number of nitrogens with two attached hydrogens (primary N) is 1. The number of ether oxygens (including phenoxy) is 2. The van der Waals surface area contributed by atoms with Crippen molar-refractivity contribution in [3.8, 4) is 5.75 Å². The van der Waals surface area contributed by atoms with Crippen LogP contribution in [0.3, 0.4) is 0 Å². The predicted octanol–water partition coefficient (Wildman–Crippen LogP) is 3.40. The SMILES string of the molecule is NC1=N[C@](c2ccc(OC(F)F)cc2)([C@@H]2C[C@H]2C(=O)c2cncc(Cl)c2)CO1. The molecule has 1 aliphatic carbocycles. The molecular formula is C19H16ClF2N3O3. The molecular weight excluding hydrogens is 392 g/mol. The maximum atomic E-state index is 12.8. The fourth-order valence-corrected chi connectivity index (χ4v) is 3.87. The lowest BCUT2D eigenvalue weighted by Crippen LogP contribution is -2.30. The number of carbonyl (C=O) groups excluding carboxylic acids is 1. The summed E-state index contributed by atoms with van der Waals surface area (Å²) < 4.78 is 34.6. The van der Waals surface area contributed by atoms with Crippen LogP contribution in [-0.2, 0) is 10.3 Å². The highest BCUT2D eigenvalue weighted by molar-refractivity contribution is 6.30. The molecule has 0 unspecified atom stereocenters. The minimum atomic E-state index is -2.90. The maximum Gasteiger partial charge on any atom is 0.387 e. The van der Waals surface area contributed by atoms with E-state index in [9.17, 15) is 13.6 Å². The number of Topliss-reactive ketones (excluding diaryl/α,β-unsaturated/α-hetero) is 1. The second kappa shape index (κ2) is 7.01. The molecule has 1 saturated carbocycles. The third-order valence-electron chi connectivity index (χ3n) is 5.06. The van der Waals surface area contributed by atoms with Crippen molar-refractivity contribution in [2.45, 2.75) is 18.6 Å². The number of nitrogens with zero attached hydrogens (tertiary/aromatic N) is 2. The fourth-order valence-electron chi connectivity index (χ4n) is 3.70. The summed E-state index contributed by atoms with van der Waals surface area (Å²) in [5, 5.41) is 0.388. The number of hydrogen-bond acceptors (Lipinski definition) is 6. The Morgan fingerprint density at radius 2 is 2.07 bits per heavy atom. The standard InChI is InChI=1S/C19H16ClF2N3O3/c20-12-5-10(7-24-8-12)16(26)14-6-15(14)19(9-27-18(23)25-19)11-1-3-13(4-2-11)28-17(21)22/h1-5,7-8,14-15,17H,6,9H2,(H2,23,25)/t14-,15-,19-/m1/s1. The van der Waals surface area contributed by atoms with Crippen molar-refractivity contribution >= 4 is 23.4 Å². The van der Waals surface area contributed by atoms with Crippen molar-refractivity contribution in [3.63, 3.8) is 0 Å². The van der Waals surface area contributed by atoms with Crippen LogP contribution in [0.5, 0.6) is 5.75 Å². The molecule has 6 nitrogen and oxygen atoms in total. The van der Waals surface area contributed by atoms with Gasteiger partial charge in [0.25, 0.3) is 6.02 Å². The highest BCUT2D eigenvalue weighted by Crippen LogP contribution is 2.56. The van der Waals surface area contributed by atoms with Crippen LogP contribution < -0.4 is 10.5 Å². The van der Waals surface area contributed by atoms with Crippen molar-refractivity contribution in [2.75, 3.05) is 6.61 Å². The number of rotatable bonds is 6. The number of aromatic nitrogens is 1. The molecule has 0 radical (unpaired) electrons. The lowest BCUT2D eigenvalue weighted by Gasteiger charge is -2.25. The number of aliphatic imine (C=N–C) groups is 1. The molecule has 2 N–H and O–H groups in total. The number of ketones is 1. The number of carbonyl (C=O) groups is 1. The zero-order chi connectivity index (χ0) is 19.9. The van der Waals surface area contributed by atoms with Gasteiger partial charge in [-0.25, -0.2) is 4.99 Å². The highest BCUT2D eigenvalue weighted by Gasteiger charge is 2.59. The van der Waals surface area contributed by atoms with E-state index >= 15 is 0 Å². The van der Waals surface area contributed by atoms with Gasteiger partial charge in [0, 0.05) is 29.8 Å². The van der Waals surface area contributed by atoms with E-state index in [2.05, 4.69) is 14.7 Å². The molecule has 0 spiro atoms. The smallest absolute Gasteiger partial charge is 0.387 e. The monoisotopic (exact) mass is 407 g/mol. The topological polar surface area (TPSA) is 86.8 Å². The minimum Gasteiger partial charge on any atom is -0.462 e. The summed E-state index contributed by atoms with van der Waals surface area (Å²) in [4.78, 5) is 21.3. The van der Waals surface area contributed by atoms with Gasteiger partial charge in [-0.2, -0.15) is 8.78 Å². The molecule has 0 bridgehead atoms. The number of benzene rings is 1. The first kappa shape index (κ1) is 18.6. The van der Waals surface area contributed by atoms with Gasteiger partial charge in [0.2, 0.25) is 0 Å². The van der Waals surface area contributed by atoms with E-state index in [4.69, 9.17) is 22.1 Å². The van der Waals surface area contributed by atoms with Crippen molar-refractivity contribution in [3.05, 3.63) is 58.9 Å². The Labute approximate surface area is 164 Å². The Morgan fingerprint density at radius 3 is 2.68 bits per heavy atom. The van der Waals surface area contributed by atoms with Gasteiger partial charge in [-0.05, 0) is 30.2 Å². The van der Waals surface area contributed by atoms with Crippen molar-refractivity contribution < 1.29 is 23.0 Å². The zero-order valence-electron chi connectivity index (χ0n) is 14.5. The average Bonchev–Trinajstić information content (AvgIpc) is 3.37. The van der Waals surface area contributed by atoms with Gasteiger partial charge in [-0.3, -0.25) is 9.78 Å². The van der Waals surface area contributed by atoms with Crippen molar-refractivity contribution in [1.29, 1.82) is 0 Å². The molecule has 1 aliphatic heterocycles. The third kappa shape index (κ3) is 3.40. The molecule has 0 saturated heterocycles. The van der Waals surface area contributed by atoms with E-state index in [1.54, 1.807) is 18.2 Å². The molecule has 2 aliphatic rings. The summed E-state index contributed by atoms with van der Waals surface area (Å²) in [7, 11) is 0. The minimum absolute atomic E-state index is 0.0374. The Hall–Kier alpha value is -2.74. The van der Waals surface area contributed by atoms with Crippen LogP contribution in [0.1, 0.15) is 22.3 Å². The van der Waals surface area contributed by atoms with Gasteiger partial charge in [-0.15, -0.1) is 0 Å². The molecule has 28 heavy (non-hydrogen) atoms. The summed E-state index contributed by atoms with van der Waals surface area (Å²) in [5.74, 6) is -0.451. The largest absolute Gasteiger partial charge is 0.462 e. The Morgan fingerprint density at radius 1 is 1.32 bits per heavy atom. The van der Waals surface area contributed by atoms with Crippen LogP contribution in [0.2, 0.25) is 5.02 Å². The summed E-state index contributed by atoms with van der Waals surface area (Å²) in [6.45, 7) is -2.73. The van der Waals surface area contributed by atoms with E-state index < -0.39 is 12.2 Å². The van der Waals surface area contributed by atoms with Gasteiger partial charge in [0.1, 0.15) is 17.9 Å². The van der Waals surface area contributed by atoms with E-state index in [0.29, 0.717) is 17.0 Å². The van der Waals surface area contributed by atoms with E-state index in [1.807, 2.05) is 0 Å². The maximum absolute atomic E-state index is 12.8. The van der Waals surface area contributed by atoms with Crippen molar-refractivity contribution in [1.82, 2.24) is 4.98 Å². The number of halogens is 3. The quantitative estimate of drug-likeness (QED) is 0.741. The zero-order valence-corrected chi connectivity index (χ0v) is 15.3. The second-order valence-corrected chi connectivity index (χ2v) is 7.21. The van der Waals surface area contributed by atoms with Crippen LogP contribution in [-0.4, -0.2) is 30.0 Å². The van der Waals surface area contributed by atoms with Gasteiger partial charge >= 0.3 is 6.61 Å². The lowest BCUT2D eigenvalue weighted by atomic mass is 9.84. The number of alkyl halides is 2. The van der Waals surface area contributed by atoms with E-state index in [1.165, 1.54) is 24.5 Å². The first-order chi connectivity index (χ1) is 13.4. The van der Waals surface area contributed by atoms with Gasteiger partial charge in [0.15, 0.2) is 5.78 Å². The Kier molecular flexibility index (Phi) is 4.66. The molecule has 9 heteroatoms. The molecule has 0 amide bonds. The van der Waals surface area contributed by atoms with Crippen LogP contribution in [0.4, 0.5) is 8.78 Å². The van der Waals surface area contributed by atoms with Crippen LogP contribution in [0, 0.1) is 11.8 Å². The molecule has 1 aromatic carbocycles. The Balaban J connectivity index is 1.60. The van der Waals surface area contributed by atoms with E-state index in [-0.39, 0.29) is 36.0 Å². The lowest BCUT2D eigenvalue weighted by molar-refractivity contribution is -0.0498. The average molecular weight is 408 g/mol. The van der Waals surface area contributed by atoms with Gasteiger partial charge in [0.05, 0.1) is 5.02 Å². The first-order valence-corrected chi connectivity index (χ1v) is 8.95. The normalized spacial score (nSPS) is 25.9. The molecule has 2 aromatic rings. The van der Waals surface area contributed by atoms with Crippen molar-refractivity contribution in [2.24, 2.45) is 22.6 Å². The molecule has 3 atom stereocenters. The summed E-state index contributed by atoms with van der Waals surface area (Å²) in [6.07, 6.45) is 3.54. The third-order valence-corrected chi connectivity index (χ3v) is 5.27. The highest BCUT2D eigenvalue weighted by atomic mass is 35.5. The number of pyridine rings is 1. The van der Waals surface area contributed by atoms with Crippen LogP contribution in [0.15, 0.2) is 47.7 Å². The molecule has 1 fully saturated rings. The fraction of sp³-hybridized carbons (Fsp3) is 0.316. The number of amidine groups is 1. The van der Waals surface area contributed by atoms with Crippen LogP contribution in [0.25, 0.3) is 0 Å². The second-order valence-electron chi connectivity index (χ2n) is 6.77. The summed E-state index contributed by atoms with van der Waals surface area (Å²) in [5.41, 5.74) is 6.06. The molecule has 2 heterocycles. The Bertz CT molecular complexity index is 938.